The molecule has 3 aromatic rings. The molecule has 3 rings (SSSR count). The zero-order valence-electron chi connectivity index (χ0n) is 13.6. The highest BCUT2D eigenvalue weighted by atomic mass is 32.1. The first kappa shape index (κ1) is 18.6. The van der Waals surface area contributed by atoms with E-state index < -0.39 is 23.6 Å². The summed E-state index contributed by atoms with van der Waals surface area (Å²) in [6.07, 6.45) is -4.51. The Kier molecular flexibility index (Phi) is 4.95. The highest BCUT2D eigenvalue weighted by molar-refractivity contribution is 7.14. The van der Waals surface area contributed by atoms with Gasteiger partial charge in [-0.15, -0.1) is 11.3 Å². The van der Waals surface area contributed by atoms with Crippen LogP contribution in [0.2, 0.25) is 0 Å². The Bertz CT molecular complexity index is 998. The van der Waals surface area contributed by atoms with Gasteiger partial charge in [-0.2, -0.15) is 13.2 Å². The molecule has 0 fully saturated rings. The molecule has 0 unspecified atom stereocenters. The van der Waals surface area contributed by atoms with Crippen molar-refractivity contribution >= 4 is 28.3 Å². The number of halogens is 3. The molecule has 27 heavy (non-hydrogen) atoms. The predicted molar refractivity (Wildman–Crippen MR) is 95.5 cm³/mol. The average molecular weight is 391 g/mol. The zero-order chi connectivity index (χ0) is 19.6. The van der Waals surface area contributed by atoms with Crippen LogP contribution >= 0.6 is 11.3 Å². The van der Waals surface area contributed by atoms with Crippen molar-refractivity contribution in [2.24, 2.45) is 5.73 Å². The Morgan fingerprint density at radius 3 is 2.26 bits per heavy atom. The number of anilines is 1. The van der Waals surface area contributed by atoms with Crippen molar-refractivity contribution in [2.75, 3.05) is 5.32 Å². The molecule has 9 heteroatoms. The standard InChI is InChI=1S/C18H12F3N3O2S/c19-18(20,21)13-4-2-1-3-12(13)14-9-27-17(23-14)24-16(26)11-7-5-10(6-8-11)15(22)25/h1-9H,(H2,22,25)(H,23,24,26). The Morgan fingerprint density at radius 1 is 1.00 bits per heavy atom. The molecule has 0 aliphatic heterocycles. The molecule has 0 bridgehead atoms. The van der Waals surface area contributed by atoms with Crippen LogP contribution in [-0.2, 0) is 6.18 Å². The number of benzene rings is 2. The van der Waals surface area contributed by atoms with Gasteiger partial charge in [0.25, 0.3) is 5.91 Å². The Labute approximate surface area is 155 Å². The molecule has 2 aromatic carbocycles. The van der Waals surface area contributed by atoms with Crippen LogP contribution in [0.4, 0.5) is 18.3 Å². The minimum Gasteiger partial charge on any atom is -0.366 e. The summed E-state index contributed by atoms with van der Waals surface area (Å²) in [6, 6.07) is 10.7. The number of alkyl halides is 3. The summed E-state index contributed by atoms with van der Waals surface area (Å²) in [4.78, 5) is 27.3. The molecule has 1 aromatic heterocycles. The van der Waals surface area contributed by atoms with Crippen molar-refractivity contribution in [1.82, 2.24) is 4.98 Å². The number of primary amides is 1. The molecule has 0 radical (unpaired) electrons. The molecule has 0 saturated carbocycles. The second-order valence-corrected chi connectivity index (χ2v) is 6.34. The monoisotopic (exact) mass is 391 g/mol. The normalized spacial score (nSPS) is 11.2. The van der Waals surface area contributed by atoms with Crippen molar-refractivity contribution in [3.63, 3.8) is 0 Å². The third-order valence-corrected chi connectivity index (χ3v) is 4.42. The first-order valence-electron chi connectivity index (χ1n) is 7.59. The number of rotatable bonds is 4. The van der Waals surface area contributed by atoms with E-state index in [0.717, 1.165) is 17.4 Å². The van der Waals surface area contributed by atoms with Gasteiger partial charge in [-0.25, -0.2) is 4.98 Å². The number of hydrogen-bond donors (Lipinski definition) is 2. The van der Waals surface area contributed by atoms with Crippen LogP contribution < -0.4 is 11.1 Å². The highest BCUT2D eigenvalue weighted by Crippen LogP contribution is 2.37. The van der Waals surface area contributed by atoms with Gasteiger partial charge in [0.2, 0.25) is 5.91 Å². The number of nitrogens with one attached hydrogen (secondary N) is 1. The number of aromatic nitrogens is 1. The Hall–Kier alpha value is -3.20. The third-order valence-electron chi connectivity index (χ3n) is 3.66. The number of carbonyl (C=O) groups is 2. The van der Waals surface area contributed by atoms with Crippen molar-refractivity contribution in [3.8, 4) is 11.3 Å². The van der Waals surface area contributed by atoms with Gasteiger partial charge < -0.3 is 5.73 Å². The molecule has 0 saturated heterocycles. The van der Waals surface area contributed by atoms with E-state index >= 15 is 0 Å². The second-order valence-electron chi connectivity index (χ2n) is 5.48. The first-order chi connectivity index (χ1) is 12.8. The van der Waals surface area contributed by atoms with Crippen molar-refractivity contribution in [3.05, 3.63) is 70.6 Å². The molecule has 0 spiro atoms. The molecule has 138 valence electrons. The maximum atomic E-state index is 13.1. The van der Waals surface area contributed by atoms with Gasteiger partial charge in [-0.1, -0.05) is 18.2 Å². The lowest BCUT2D eigenvalue weighted by Crippen LogP contribution is -2.14. The number of nitrogens with two attached hydrogens (primary N) is 1. The number of hydrogen-bond acceptors (Lipinski definition) is 4. The van der Waals surface area contributed by atoms with Crippen molar-refractivity contribution in [2.45, 2.75) is 6.18 Å². The third kappa shape index (κ3) is 4.14. The van der Waals surface area contributed by atoms with Crippen LogP contribution in [0.25, 0.3) is 11.3 Å². The van der Waals surface area contributed by atoms with Crippen LogP contribution in [0.5, 0.6) is 0 Å². The van der Waals surface area contributed by atoms with Gasteiger partial charge in [-0.05, 0) is 30.3 Å². The molecular weight excluding hydrogens is 379 g/mol. The lowest BCUT2D eigenvalue weighted by Gasteiger charge is -2.10. The summed E-state index contributed by atoms with van der Waals surface area (Å²) < 4.78 is 39.4. The highest BCUT2D eigenvalue weighted by Gasteiger charge is 2.33. The van der Waals surface area contributed by atoms with E-state index in [1.165, 1.54) is 47.8 Å². The van der Waals surface area contributed by atoms with E-state index in [4.69, 9.17) is 5.73 Å². The fourth-order valence-corrected chi connectivity index (χ4v) is 3.07. The molecule has 1 heterocycles. The van der Waals surface area contributed by atoms with Gasteiger partial charge in [0.1, 0.15) is 0 Å². The van der Waals surface area contributed by atoms with Gasteiger partial charge in [0.15, 0.2) is 5.13 Å². The average Bonchev–Trinajstić information content (AvgIpc) is 3.09. The Balaban J connectivity index is 1.81. The zero-order valence-corrected chi connectivity index (χ0v) is 14.4. The topological polar surface area (TPSA) is 85.1 Å². The number of nitrogens with zero attached hydrogens (tertiary/aromatic N) is 1. The van der Waals surface area contributed by atoms with Crippen LogP contribution in [0, 0.1) is 0 Å². The van der Waals surface area contributed by atoms with Crippen LogP contribution in [0.15, 0.2) is 53.9 Å². The SMILES string of the molecule is NC(=O)c1ccc(C(=O)Nc2nc(-c3ccccc3C(F)(F)F)cs2)cc1. The molecule has 5 nitrogen and oxygen atoms in total. The van der Waals surface area contributed by atoms with Crippen molar-refractivity contribution in [1.29, 1.82) is 0 Å². The molecule has 2 amide bonds. The van der Waals surface area contributed by atoms with Gasteiger partial charge >= 0.3 is 6.18 Å². The minimum absolute atomic E-state index is 0.0624. The summed E-state index contributed by atoms with van der Waals surface area (Å²) in [6.45, 7) is 0. The number of amides is 2. The van der Waals surface area contributed by atoms with Gasteiger partial charge in [0.05, 0.1) is 11.3 Å². The quantitative estimate of drug-likeness (QED) is 0.700. The van der Waals surface area contributed by atoms with E-state index in [0.29, 0.717) is 0 Å². The van der Waals surface area contributed by atoms with Crippen LogP contribution in [0.1, 0.15) is 26.3 Å². The number of carbonyl (C=O) groups excluding carboxylic acids is 2. The van der Waals surface area contributed by atoms with E-state index in [1.54, 1.807) is 0 Å². The molecule has 0 atom stereocenters. The van der Waals surface area contributed by atoms with E-state index in [1.807, 2.05) is 0 Å². The van der Waals surface area contributed by atoms with Crippen LogP contribution in [0.3, 0.4) is 0 Å². The summed E-state index contributed by atoms with van der Waals surface area (Å²) in [5.41, 5.74) is 4.91. The fraction of sp³-hybridized carbons (Fsp3) is 0.0556. The maximum Gasteiger partial charge on any atom is 0.417 e. The summed E-state index contributed by atoms with van der Waals surface area (Å²) >= 11 is 1.01. The summed E-state index contributed by atoms with van der Waals surface area (Å²) in [5, 5.41) is 4.13. The van der Waals surface area contributed by atoms with Crippen LogP contribution in [-0.4, -0.2) is 16.8 Å². The fourth-order valence-electron chi connectivity index (χ4n) is 2.36. The van der Waals surface area contributed by atoms with Gasteiger partial charge in [0, 0.05) is 22.1 Å². The summed E-state index contributed by atoms with van der Waals surface area (Å²) in [7, 11) is 0. The summed E-state index contributed by atoms with van der Waals surface area (Å²) in [5.74, 6) is -1.12. The maximum absolute atomic E-state index is 13.1. The molecule has 0 aliphatic carbocycles. The first-order valence-corrected chi connectivity index (χ1v) is 8.47. The lowest BCUT2D eigenvalue weighted by atomic mass is 10.1. The van der Waals surface area contributed by atoms with E-state index in [2.05, 4.69) is 10.3 Å². The van der Waals surface area contributed by atoms with E-state index in [9.17, 15) is 22.8 Å². The minimum atomic E-state index is -4.51. The molecular formula is C18H12F3N3O2S. The predicted octanol–water partition coefficient (Wildman–Crippen LogP) is 4.18. The second kappa shape index (κ2) is 7.20. The number of thiazole rings is 1. The lowest BCUT2D eigenvalue weighted by molar-refractivity contribution is -0.137. The molecule has 3 N–H and O–H groups in total. The van der Waals surface area contributed by atoms with Gasteiger partial charge in [-0.3, -0.25) is 14.9 Å². The largest absolute Gasteiger partial charge is 0.417 e. The molecule has 0 aliphatic rings. The Morgan fingerprint density at radius 2 is 1.63 bits per heavy atom. The smallest absolute Gasteiger partial charge is 0.366 e. The van der Waals surface area contributed by atoms with E-state index in [-0.39, 0.29) is 27.5 Å². The van der Waals surface area contributed by atoms with Crippen molar-refractivity contribution < 1.29 is 22.8 Å².